The lowest BCUT2D eigenvalue weighted by atomic mass is 10.1. The minimum atomic E-state index is -3.29. The minimum absolute atomic E-state index is 0.00198. The third-order valence-electron chi connectivity index (χ3n) is 3.10. The van der Waals surface area contributed by atoms with E-state index >= 15 is 0 Å². The van der Waals surface area contributed by atoms with Gasteiger partial charge in [-0.05, 0) is 32.1 Å². The van der Waals surface area contributed by atoms with E-state index in [1.807, 2.05) is 38.1 Å². The molecule has 0 aliphatic rings. The first-order valence-electron chi connectivity index (χ1n) is 6.25. The van der Waals surface area contributed by atoms with Gasteiger partial charge in [0, 0.05) is 19.1 Å². The largest absolute Gasteiger partial charge is 0.326 e. The quantitative estimate of drug-likeness (QED) is 0.765. The average Bonchev–Trinajstić information content (AvgIpc) is 2.36. The molecule has 0 aromatic heterocycles. The van der Waals surface area contributed by atoms with Crippen molar-refractivity contribution in [1.29, 1.82) is 0 Å². The number of nitrogens with one attached hydrogen (secondary N) is 1. The Morgan fingerprint density at radius 1 is 1.21 bits per heavy atom. The number of hydrogen-bond acceptors (Lipinski definition) is 4. The van der Waals surface area contributed by atoms with Crippen molar-refractivity contribution < 1.29 is 8.42 Å². The highest BCUT2D eigenvalue weighted by Gasteiger charge is 2.13. The summed E-state index contributed by atoms with van der Waals surface area (Å²) in [5.41, 5.74) is 7.26. The Kier molecular flexibility index (Phi) is 5.93. The van der Waals surface area contributed by atoms with E-state index in [2.05, 4.69) is 4.72 Å². The first kappa shape index (κ1) is 16.1. The first-order chi connectivity index (χ1) is 8.84. The molecular weight excluding hydrogens is 262 g/mol. The van der Waals surface area contributed by atoms with Gasteiger partial charge in [0.2, 0.25) is 10.0 Å². The molecule has 0 bridgehead atoms. The summed E-state index contributed by atoms with van der Waals surface area (Å²) < 4.78 is 26.5. The molecule has 0 heterocycles. The Labute approximate surface area is 115 Å². The summed E-state index contributed by atoms with van der Waals surface area (Å²) in [4.78, 5) is 1.97. The highest BCUT2D eigenvalue weighted by atomic mass is 32.2. The summed E-state index contributed by atoms with van der Waals surface area (Å²) in [6, 6.07) is 7.48. The third kappa shape index (κ3) is 5.69. The Morgan fingerprint density at radius 2 is 1.74 bits per heavy atom. The van der Waals surface area contributed by atoms with E-state index in [1.54, 1.807) is 12.1 Å². The number of rotatable bonds is 7. The molecule has 5 nitrogen and oxygen atoms in total. The Hall–Kier alpha value is -0.950. The van der Waals surface area contributed by atoms with Gasteiger partial charge in [-0.2, -0.15) is 0 Å². The van der Waals surface area contributed by atoms with Crippen molar-refractivity contribution in [1.82, 2.24) is 9.62 Å². The number of nitrogens with zero attached hydrogens (tertiary/aromatic N) is 1. The van der Waals surface area contributed by atoms with E-state index < -0.39 is 10.0 Å². The molecule has 0 aliphatic carbocycles. The maximum absolute atomic E-state index is 11.9. The van der Waals surface area contributed by atoms with E-state index in [0.29, 0.717) is 13.1 Å². The second-order valence-corrected chi connectivity index (χ2v) is 6.75. The fraction of sp³-hybridized carbons (Fsp3) is 0.538. The lowest BCUT2D eigenvalue weighted by Crippen LogP contribution is -2.38. The van der Waals surface area contributed by atoms with Crippen molar-refractivity contribution in [3.63, 3.8) is 0 Å². The van der Waals surface area contributed by atoms with Crippen LogP contribution in [0.2, 0.25) is 0 Å². The predicted octanol–water partition coefficient (Wildman–Crippen LogP) is 0.515. The van der Waals surface area contributed by atoms with Gasteiger partial charge in [0.1, 0.15) is 0 Å². The number of benzene rings is 1. The van der Waals surface area contributed by atoms with Gasteiger partial charge in [0.15, 0.2) is 0 Å². The Bertz CT molecular complexity index is 483. The summed E-state index contributed by atoms with van der Waals surface area (Å²) in [5, 5.41) is 0. The maximum atomic E-state index is 11.9. The zero-order chi connectivity index (χ0) is 14.5. The SMILES string of the molecule is CC(CNS(=O)(=O)Cc1ccc(CN)cc1)N(C)C. The molecule has 19 heavy (non-hydrogen) atoms. The average molecular weight is 285 g/mol. The molecule has 1 aromatic carbocycles. The van der Waals surface area contributed by atoms with Crippen LogP contribution in [0.5, 0.6) is 0 Å². The van der Waals surface area contributed by atoms with Gasteiger partial charge >= 0.3 is 0 Å². The maximum Gasteiger partial charge on any atom is 0.215 e. The standard InChI is InChI=1S/C13H23N3O2S/c1-11(16(2)3)9-15-19(17,18)10-13-6-4-12(8-14)5-7-13/h4-7,11,15H,8-10,14H2,1-3H3. The second-order valence-electron chi connectivity index (χ2n) is 4.94. The molecule has 108 valence electrons. The lowest BCUT2D eigenvalue weighted by Gasteiger charge is -2.20. The van der Waals surface area contributed by atoms with Crippen LogP contribution in [0.15, 0.2) is 24.3 Å². The fourth-order valence-electron chi connectivity index (χ4n) is 1.47. The number of sulfonamides is 1. The van der Waals surface area contributed by atoms with Crippen LogP contribution in [0.1, 0.15) is 18.1 Å². The number of hydrogen-bond donors (Lipinski definition) is 2. The van der Waals surface area contributed by atoms with E-state index in [1.165, 1.54) is 0 Å². The topological polar surface area (TPSA) is 75.4 Å². The Balaban J connectivity index is 2.58. The van der Waals surface area contributed by atoms with Crippen LogP contribution in [0.25, 0.3) is 0 Å². The summed E-state index contributed by atoms with van der Waals surface area (Å²) in [7, 11) is 0.552. The van der Waals surface area contributed by atoms with Crippen LogP contribution in [0.4, 0.5) is 0 Å². The van der Waals surface area contributed by atoms with Gasteiger partial charge in [0.25, 0.3) is 0 Å². The van der Waals surface area contributed by atoms with Crippen molar-refractivity contribution in [3.8, 4) is 0 Å². The molecule has 0 saturated carbocycles. The van der Waals surface area contributed by atoms with Crippen LogP contribution in [0, 0.1) is 0 Å². The third-order valence-corrected chi connectivity index (χ3v) is 4.42. The monoisotopic (exact) mass is 285 g/mol. The van der Waals surface area contributed by atoms with Crippen molar-refractivity contribution in [2.24, 2.45) is 5.73 Å². The highest BCUT2D eigenvalue weighted by Crippen LogP contribution is 2.07. The summed E-state index contributed by atoms with van der Waals surface area (Å²) in [6.07, 6.45) is 0. The second kappa shape index (κ2) is 7.00. The molecule has 1 unspecified atom stereocenters. The lowest BCUT2D eigenvalue weighted by molar-refractivity contribution is 0.314. The fourth-order valence-corrected chi connectivity index (χ4v) is 2.70. The molecule has 6 heteroatoms. The van der Waals surface area contributed by atoms with Crippen LogP contribution in [-0.2, 0) is 22.3 Å². The van der Waals surface area contributed by atoms with Crippen molar-refractivity contribution >= 4 is 10.0 Å². The van der Waals surface area contributed by atoms with Gasteiger partial charge in [-0.15, -0.1) is 0 Å². The predicted molar refractivity (Wildman–Crippen MR) is 78.1 cm³/mol. The van der Waals surface area contributed by atoms with Gasteiger partial charge in [0.05, 0.1) is 5.75 Å². The Morgan fingerprint density at radius 3 is 2.21 bits per heavy atom. The highest BCUT2D eigenvalue weighted by molar-refractivity contribution is 7.88. The molecule has 0 spiro atoms. The molecule has 0 radical (unpaired) electrons. The normalized spacial score (nSPS) is 13.7. The van der Waals surface area contributed by atoms with Gasteiger partial charge < -0.3 is 10.6 Å². The zero-order valence-corrected chi connectivity index (χ0v) is 12.6. The van der Waals surface area contributed by atoms with E-state index in [0.717, 1.165) is 11.1 Å². The van der Waals surface area contributed by atoms with Gasteiger partial charge in [-0.1, -0.05) is 24.3 Å². The summed E-state index contributed by atoms with van der Waals surface area (Å²) in [5.74, 6) is -0.00198. The van der Waals surface area contributed by atoms with Crippen LogP contribution in [-0.4, -0.2) is 40.0 Å². The molecule has 1 aromatic rings. The van der Waals surface area contributed by atoms with Crippen molar-refractivity contribution in [2.75, 3.05) is 20.6 Å². The van der Waals surface area contributed by atoms with Crippen molar-refractivity contribution in [2.45, 2.75) is 25.3 Å². The van der Waals surface area contributed by atoms with Gasteiger partial charge in [-0.25, -0.2) is 13.1 Å². The summed E-state index contributed by atoms with van der Waals surface area (Å²) >= 11 is 0. The van der Waals surface area contributed by atoms with Crippen LogP contribution >= 0.6 is 0 Å². The molecule has 1 atom stereocenters. The van der Waals surface area contributed by atoms with Crippen LogP contribution in [0.3, 0.4) is 0 Å². The van der Waals surface area contributed by atoms with E-state index in [9.17, 15) is 8.42 Å². The molecule has 1 rings (SSSR count). The van der Waals surface area contributed by atoms with E-state index in [4.69, 9.17) is 5.73 Å². The molecule has 0 fully saturated rings. The minimum Gasteiger partial charge on any atom is -0.326 e. The molecule has 0 amide bonds. The summed E-state index contributed by atoms with van der Waals surface area (Å²) in [6.45, 7) is 2.85. The first-order valence-corrected chi connectivity index (χ1v) is 7.91. The molecular formula is C13H23N3O2S. The van der Waals surface area contributed by atoms with E-state index in [-0.39, 0.29) is 11.8 Å². The van der Waals surface area contributed by atoms with Gasteiger partial charge in [-0.3, -0.25) is 0 Å². The van der Waals surface area contributed by atoms with Crippen molar-refractivity contribution in [3.05, 3.63) is 35.4 Å². The smallest absolute Gasteiger partial charge is 0.215 e. The molecule has 0 aliphatic heterocycles. The molecule has 0 saturated heterocycles. The number of nitrogens with two attached hydrogens (primary N) is 1. The van der Waals surface area contributed by atoms with Crippen LogP contribution < -0.4 is 10.5 Å². The zero-order valence-electron chi connectivity index (χ0n) is 11.8. The number of likely N-dealkylation sites (N-methyl/N-ethyl adjacent to an activating group) is 1. The molecule has 3 N–H and O–H groups in total.